The van der Waals surface area contributed by atoms with Crippen molar-refractivity contribution in [2.45, 2.75) is 0 Å². The van der Waals surface area contributed by atoms with E-state index in [-0.39, 0.29) is 11.7 Å². The Labute approximate surface area is 114 Å². The predicted octanol–water partition coefficient (Wildman–Crippen LogP) is 1.54. The lowest BCUT2D eigenvalue weighted by molar-refractivity contribution is 0.0976. The first-order valence-corrected chi connectivity index (χ1v) is 5.72. The minimum atomic E-state index is -0.978. The second-order valence-electron chi connectivity index (χ2n) is 3.79. The lowest BCUT2D eigenvalue weighted by atomic mass is 10.00. The molecule has 7 nitrogen and oxygen atoms in total. The van der Waals surface area contributed by atoms with E-state index in [1.165, 1.54) is 12.5 Å². The minimum absolute atomic E-state index is 0.243. The van der Waals surface area contributed by atoms with Crippen LogP contribution in [0.1, 0.15) is 10.4 Å². The van der Waals surface area contributed by atoms with Crippen LogP contribution in [0.3, 0.4) is 0 Å². The highest BCUT2D eigenvalue weighted by molar-refractivity contribution is 6.08. The van der Waals surface area contributed by atoms with Crippen LogP contribution < -0.4 is 4.74 Å². The molecule has 1 atom stereocenters. The molecule has 1 unspecified atom stereocenters. The van der Waals surface area contributed by atoms with E-state index in [1.54, 1.807) is 31.4 Å². The van der Waals surface area contributed by atoms with Gasteiger partial charge >= 0.3 is 0 Å². The molecule has 0 radical (unpaired) electrons. The number of hydrogen-bond acceptors (Lipinski definition) is 6. The zero-order valence-corrected chi connectivity index (χ0v) is 10.6. The Morgan fingerprint density at radius 3 is 2.80 bits per heavy atom. The molecule has 2 rings (SSSR count). The summed E-state index contributed by atoms with van der Waals surface area (Å²) in [5, 5.41) is 15.2. The standard InChI is InChI=1S/C13H11N5O2/c1-20-11-4-2-9(3-5-11)12(19)10(6-14)7-15-13-16-8-17-18-13/h2-5,7-8,10H,1H3,(H,16,17,18). The number of hydrogen-bond donors (Lipinski definition) is 1. The summed E-state index contributed by atoms with van der Waals surface area (Å²) in [5.74, 6) is -0.426. The zero-order chi connectivity index (χ0) is 14.4. The third kappa shape index (κ3) is 3.05. The Morgan fingerprint density at radius 1 is 1.50 bits per heavy atom. The van der Waals surface area contributed by atoms with Crippen LogP contribution >= 0.6 is 0 Å². The summed E-state index contributed by atoms with van der Waals surface area (Å²) < 4.78 is 5.01. The second kappa shape index (κ2) is 6.24. The molecule has 0 saturated carbocycles. The molecule has 0 aliphatic carbocycles. The number of methoxy groups -OCH3 is 1. The van der Waals surface area contributed by atoms with E-state index in [0.717, 1.165) is 0 Å². The molecule has 0 spiro atoms. The Balaban J connectivity index is 2.14. The summed E-state index contributed by atoms with van der Waals surface area (Å²) in [6, 6.07) is 8.43. The molecule has 1 heterocycles. The maximum atomic E-state index is 12.1. The van der Waals surface area contributed by atoms with Gasteiger partial charge in [-0.1, -0.05) is 0 Å². The van der Waals surface area contributed by atoms with Gasteiger partial charge in [0.05, 0.1) is 13.2 Å². The lowest BCUT2D eigenvalue weighted by Crippen LogP contribution is -2.14. The number of aliphatic imine (C=N–C) groups is 1. The summed E-state index contributed by atoms with van der Waals surface area (Å²) in [7, 11) is 1.54. The van der Waals surface area contributed by atoms with Crippen molar-refractivity contribution in [2.75, 3.05) is 7.11 Å². The quantitative estimate of drug-likeness (QED) is 0.654. The first kappa shape index (κ1) is 13.4. The number of carbonyl (C=O) groups is 1. The van der Waals surface area contributed by atoms with Crippen LogP contribution in [0.5, 0.6) is 5.75 Å². The highest BCUT2D eigenvalue weighted by Gasteiger charge is 2.17. The molecule has 1 N–H and O–H groups in total. The number of benzene rings is 1. The number of aromatic amines is 1. The van der Waals surface area contributed by atoms with Gasteiger partial charge in [0, 0.05) is 11.8 Å². The van der Waals surface area contributed by atoms with Gasteiger partial charge in [0.25, 0.3) is 0 Å². The number of nitrogens with zero attached hydrogens (tertiary/aromatic N) is 4. The summed E-state index contributed by atoms with van der Waals surface area (Å²) in [4.78, 5) is 19.8. The average Bonchev–Trinajstić information content (AvgIpc) is 3.01. The van der Waals surface area contributed by atoms with Crippen molar-refractivity contribution >= 4 is 17.9 Å². The molecule has 100 valence electrons. The smallest absolute Gasteiger partial charge is 0.244 e. The van der Waals surface area contributed by atoms with Gasteiger partial charge in [-0.05, 0) is 24.3 Å². The van der Waals surface area contributed by atoms with Crippen molar-refractivity contribution in [3.63, 3.8) is 0 Å². The Kier molecular flexibility index (Phi) is 4.19. The number of H-pyrrole nitrogens is 1. The topological polar surface area (TPSA) is 104 Å². The van der Waals surface area contributed by atoms with Crippen LogP contribution in [-0.4, -0.2) is 34.3 Å². The average molecular weight is 269 g/mol. The van der Waals surface area contributed by atoms with Crippen LogP contribution in [-0.2, 0) is 0 Å². The molecule has 0 amide bonds. The monoisotopic (exact) mass is 269 g/mol. The number of Topliss-reactive ketones (excluding diaryl/α,β-unsaturated/α-hetero) is 1. The van der Waals surface area contributed by atoms with Gasteiger partial charge in [-0.3, -0.25) is 4.79 Å². The fourth-order valence-corrected chi connectivity index (χ4v) is 1.50. The maximum Gasteiger partial charge on any atom is 0.244 e. The van der Waals surface area contributed by atoms with E-state index in [9.17, 15) is 4.79 Å². The van der Waals surface area contributed by atoms with E-state index in [0.29, 0.717) is 11.3 Å². The number of nitrogens with one attached hydrogen (secondary N) is 1. The number of rotatable bonds is 5. The molecular weight excluding hydrogens is 258 g/mol. The van der Waals surface area contributed by atoms with E-state index in [1.807, 2.05) is 6.07 Å². The van der Waals surface area contributed by atoms with E-state index in [4.69, 9.17) is 10.00 Å². The van der Waals surface area contributed by atoms with Crippen LogP contribution in [0.25, 0.3) is 0 Å². The first-order chi connectivity index (χ1) is 9.74. The lowest BCUT2D eigenvalue weighted by Gasteiger charge is -2.04. The Bertz CT molecular complexity index is 640. The minimum Gasteiger partial charge on any atom is -0.497 e. The molecular formula is C13H11N5O2. The highest BCUT2D eigenvalue weighted by atomic mass is 16.5. The van der Waals surface area contributed by atoms with Gasteiger partial charge in [0.1, 0.15) is 18.0 Å². The van der Waals surface area contributed by atoms with Crippen LogP contribution in [0.4, 0.5) is 5.95 Å². The van der Waals surface area contributed by atoms with Gasteiger partial charge < -0.3 is 4.74 Å². The van der Waals surface area contributed by atoms with Crippen molar-refractivity contribution in [3.05, 3.63) is 36.2 Å². The molecule has 2 aromatic rings. The SMILES string of the molecule is COc1ccc(C(=O)C(C#N)C=Nc2ncn[nH]2)cc1. The largest absolute Gasteiger partial charge is 0.497 e. The van der Waals surface area contributed by atoms with Crippen LogP contribution in [0.2, 0.25) is 0 Å². The number of aromatic nitrogens is 3. The van der Waals surface area contributed by atoms with Crippen molar-refractivity contribution in [3.8, 4) is 11.8 Å². The normalized spacial score (nSPS) is 12.0. The molecule has 0 bridgehead atoms. The Morgan fingerprint density at radius 2 is 2.25 bits per heavy atom. The zero-order valence-electron chi connectivity index (χ0n) is 10.6. The molecule has 1 aromatic heterocycles. The third-order valence-electron chi connectivity index (χ3n) is 2.54. The van der Waals surface area contributed by atoms with Crippen LogP contribution in [0.15, 0.2) is 35.6 Å². The highest BCUT2D eigenvalue weighted by Crippen LogP contribution is 2.14. The molecule has 0 aliphatic rings. The van der Waals surface area contributed by atoms with E-state index < -0.39 is 5.92 Å². The number of ketones is 1. The molecule has 7 heteroatoms. The molecule has 1 aromatic carbocycles. The molecule has 20 heavy (non-hydrogen) atoms. The number of ether oxygens (including phenoxy) is 1. The fraction of sp³-hybridized carbons (Fsp3) is 0.154. The molecule has 0 saturated heterocycles. The second-order valence-corrected chi connectivity index (χ2v) is 3.79. The summed E-state index contributed by atoms with van der Waals surface area (Å²) in [6.45, 7) is 0. The fourth-order valence-electron chi connectivity index (χ4n) is 1.50. The van der Waals surface area contributed by atoms with Crippen molar-refractivity contribution in [2.24, 2.45) is 10.9 Å². The number of nitriles is 1. The van der Waals surface area contributed by atoms with Crippen LogP contribution in [0, 0.1) is 17.2 Å². The van der Waals surface area contributed by atoms with Gasteiger partial charge in [-0.2, -0.15) is 15.3 Å². The van der Waals surface area contributed by atoms with E-state index >= 15 is 0 Å². The summed E-state index contributed by atoms with van der Waals surface area (Å²) in [5.41, 5.74) is 0.418. The van der Waals surface area contributed by atoms with Crippen molar-refractivity contribution < 1.29 is 9.53 Å². The first-order valence-electron chi connectivity index (χ1n) is 5.72. The van der Waals surface area contributed by atoms with Gasteiger partial charge in [-0.15, -0.1) is 0 Å². The van der Waals surface area contributed by atoms with Gasteiger partial charge in [-0.25, -0.2) is 10.1 Å². The van der Waals surface area contributed by atoms with E-state index in [2.05, 4.69) is 20.2 Å². The Hall–Kier alpha value is -3.01. The van der Waals surface area contributed by atoms with Crippen molar-refractivity contribution in [1.82, 2.24) is 15.2 Å². The van der Waals surface area contributed by atoms with Gasteiger partial charge in [0.15, 0.2) is 5.78 Å². The molecule has 0 aliphatic heterocycles. The number of carbonyl (C=O) groups excluding carboxylic acids is 1. The summed E-state index contributed by atoms with van der Waals surface area (Å²) in [6.07, 6.45) is 2.53. The molecule has 0 fully saturated rings. The summed E-state index contributed by atoms with van der Waals surface area (Å²) >= 11 is 0. The maximum absolute atomic E-state index is 12.1. The van der Waals surface area contributed by atoms with Gasteiger partial charge in [0.2, 0.25) is 5.95 Å². The predicted molar refractivity (Wildman–Crippen MR) is 71.0 cm³/mol. The van der Waals surface area contributed by atoms with Crippen molar-refractivity contribution in [1.29, 1.82) is 5.26 Å². The third-order valence-corrected chi connectivity index (χ3v) is 2.54.